The van der Waals surface area contributed by atoms with E-state index in [1.165, 1.54) is 30.5 Å². The number of pyridine rings is 2. The zero-order chi connectivity index (χ0) is 25.9. The van der Waals surface area contributed by atoms with Crippen LogP contribution >= 0.6 is 11.6 Å². The molecule has 0 radical (unpaired) electrons. The molecule has 2 N–H and O–H groups in total. The Kier molecular flexibility index (Phi) is 7.33. The van der Waals surface area contributed by atoms with Crippen molar-refractivity contribution in [1.29, 1.82) is 5.26 Å². The van der Waals surface area contributed by atoms with Crippen LogP contribution in [0.3, 0.4) is 0 Å². The molecule has 2 aromatic heterocycles. The van der Waals surface area contributed by atoms with E-state index in [0.29, 0.717) is 59.8 Å². The monoisotopic (exact) mass is 513 g/mol. The van der Waals surface area contributed by atoms with E-state index in [9.17, 15) is 23.9 Å². The first-order chi connectivity index (χ1) is 17.2. The van der Waals surface area contributed by atoms with E-state index < -0.39 is 17.6 Å². The van der Waals surface area contributed by atoms with Crippen LogP contribution in [-0.4, -0.2) is 45.7 Å². The fourth-order valence-electron chi connectivity index (χ4n) is 3.94. The van der Waals surface area contributed by atoms with Crippen molar-refractivity contribution in [3.05, 3.63) is 65.6 Å². The number of aryl methyl sites for hydroxylation is 1. The molecule has 11 heteroatoms. The normalized spacial score (nSPS) is 15.4. The van der Waals surface area contributed by atoms with E-state index >= 15 is 0 Å². The van der Waals surface area contributed by atoms with Gasteiger partial charge in [-0.1, -0.05) is 6.92 Å². The minimum atomic E-state index is -3.84. The molecule has 4 rings (SSSR count). The third kappa shape index (κ3) is 5.87. The van der Waals surface area contributed by atoms with Crippen LogP contribution in [0.25, 0.3) is 11.1 Å². The maximum Gasteiger partial charge on any atom is 0.487 e. The number of rotatable bonds is 7. The molecule has 3 aromatic rings. The molecule has 0 unspecified atom stereocenters. The van der Waals surface area contributed by atoms with E-state index in [-0.39, 0.29) is 11.3 Å². The number of hydrogen-bond donors (Lipinski definition) is 2. The number of aliphatic hydroxyl groups is 1. The van der Waals surface area contributed by atoms with Crippen LogP contribution in [0.2, 0.25) is 0 Å². The lowest BCUT2D eigenvalue weighted by molar-refractivity contribution is -0.0964. The number of carbonyl (C=O) groups excluding carboxylic acids is 1. The average molecular weight is 514 g/mol. The third-order valence-corrected chi connectivity index (χ3v) is 5.75. The molecule has 1 amide bonds. The first-order valence-electron chi connectivity index (χ1n) is 11.2. The van der Waals surface area contributed by atoms with Gasteiger partial charge in [0, 0.05) is 53.9 Å². The summed E-state index contributed by atoms with van der Waals surface area (Å²) in [6, 6.07) is 10.8. The highest BCUT2D eigenvalue weighted by Gasteiger charge is 2.28. The van der Waals surface area contributed by atoms with E-state index in [1.807, 2.05) is 11.8 Å². The molecule has 1 fully saturated rings. The SMILES string of the molecule is CCc1ncc(-c2cc(C(=O)Nc3ccc(OC(F)(F)Cl)cc3)cnc2N2CC[C@@H](O)C2)cc1C#N. The van der Waals surface area contributed by atoms with Gasteiger partial charge in [-0.3, -0.25) is 9.78 Å². The number of carbonyl (C=O) groups is 1. The van der Waals surface area contributed by atoms with Gasteiger partial charge >= 0.3 is 5.57 Å². The summed E-state index contributed by atoms with van der Waals surface area (Å²) < 4.78 is 29.9. The summed E-state index contributed by atoms with van der Waals surface area (Å²) in [5.74, 6) is -0.0706. The summed E-state index contributed by atoms with van der Waals surface area (Å²) in [7, 11) is 0. The number of nitrogens with one attached hydrogen (secondary N) is 1. The predicted octanol–water partition coefficient (Wildman–Crippen LogP) is 4.57. The molecule has 0 saturated carbocycles. The summed E-state index contributed by atoms with van der Waals surface area (Å²) in [6.07, 6.45) is 3.77. The van der Waals surface area contributed by atoms with Gasteiger partial charge in [-0.25, -0.2) is 4.98 Å². The topological polar surface area (TPSA) is 111 Å². The summed E-state index contributed by atoms with van der Waals surface area (Å²) in [4.78, 5) is 23.8. The number of anilines is 2. The van der Waals surface area contributed by atoms with Gasteiger partial charge in [-0.2, -0.15) is 5.26 Å². The van der Waals surface area contributed by atoms with Gasteiger partial charge in [0.1, 0.15) is 17.6 Å². The van der Waals surface area contributed by atoms with Gasteiger partial charge in [-0.15, -0.1) is 8.78 Å². The van der Waals surface area contributed by atoms with Crippen molar-refractivity contribution < 1.29 is 23.4 Å². The molecule has 1 saturated heterocycles. The molecular weight excluding hydrogens is 492 g/mol. The number of aliphatic hydroxyl groups excluding tert-OH is 1. The van der Waals surface area contributed by atoms with Crippen molar-refractivity contribution in [2.24, 2.45) is 0 Å². The lowest BCUT2D eigenvalue weighted by atomic mass is 10.0. The van der Waals surface area contributed by atoms with E-state index in [2.05, 4.69) is 26.1 Å². The Morgan fingerprint density at radius 3 is 2.67 bits per heavy atom. The maximum absolute atomic E-state index is 13.0. The fraction of sp³-hybridized carbons (Fsp3) is 0.280. The van der Waals surface area contributed by atoms with Gasteiger partial charge in [0.15, 0.2) is 0 Å². The van der Waals surface area contributed by atoms with Crippen LogP contribution < -0.4 is 15.0 Å². The molecule has 1 aromatic carbocycles. The van der Waals surface area contributed by atoms with Crippen molar-refractivity contribution in [2.45, 2.75) is 31.4 Å². The lowest BCUT2D eigenvalue weighted by Crippen LogP contribution is -2.23. The number of nitriles is 1. The molecule has 186 valence electrons. The molecular formula is C25H22ClF2N5O3. The molecule has 0 spiro atoms. The molecule has 1 atom stereocenters. The van der Waals surface area contributed by atoms with Crippen molar-refractivity contribution in [3.63, 3.8) is 0 Å². The second-order valence-electron chi connectivity index (χ2n) is 8.19. The van der Waals surface area contributed by atoms with Crippen molar-refractivity contribution in [3.8, 4) is 22.9 Å². The summed E-state index contributed by atoms with van der Waals surface area (Å²) in [5.41, 5.74) is -0.946. The second kappa shape index (κ2) is 10.4. The largest absolute Gasteiger partial charge is 0.487 e. The molecule has 3 heterocycles. The number of benzene rings is 1. The van der Waals surface area contributed by atoms with Crippen LogP contribution in [0, 0.1) is 11.3 Å². The molecule has 0 aliphatic carbocycles. The maximum atomic E-state index is 13.0. The fourth-order valence-corrected chi connectivity index (χ4v) is 4.03. The Bertz CT molecular complexity index is 1310. The van der Waals surface area contributed by atoms with Gasteiger partial charge < -0.3 is 20.1 Å². The number of β-amino-alcohol motifs (C(OH)–C–C–N with tert-alkyl or cyclic N) is 1. The number of aromatic nitrogens is 2. The van der Waals surface area contributed by atoms with Crippen LogP contribution in [0.15, 0.2) is 48.8 Å². The first kappa shape index (κ1) is 25.3. The van der Waals surface area contributed by atoms with Crippen LogP contribution in [-0.2, 0) is 6.42 Å². The summed E-state index contributed by atoms with van der Waals surface area (Å²) >= 11 is 4.77. The number of nitrogens with zero attached hydrogens (tertiary/aromatic N) is 4. The standard InChI is InChI=1S/C25H22ClF2N5O3/c1-2-22-15(11-29)9-16(12-30-22)21-10-17(13-31-23(21)33-8-7-19(34)14-33)24(35)32-18-3-5-20(6-4-18)36-25(26,27)28/h3-6,9-10,12-13,19,34H,2,7-8,14H2,1H3,(H,32,35)/t19-/m1/s1. The molecule has 1 aliphatic heterocycles. The number of ether oxygens (including phenoxy) is 1. The Morgan fingerprint density at radius 1 is 1.31 bits per heavy atom. The first-order valence-corrected chi connectivity index (χ1v) is 11.5. The highest BCUT2D eigenvalue weighted by molar-refractivity contribution is 6.20. The van der Waals surface area contributed by atoms with Crippen molar-refractivity contribution in [2.75, 3.05) is 23.3 Å². The smallest absolute Gasteiger partial charge is 0.420 e. The second-order valence-corrected chi connectivity index (χ2v) is 8.63. The number of halogens is 3. The Balaban J connectivity index is 1.65. The highest BCUT2D eigenvalue weighted by Crippen LogP contribution is 2.33. The Labute approximate surface area is 211 Å². The molecule has 8 nitrogen and oxygen atoms in total. The average Bonchev–Trinajstić information content (AvgIpc) is 3.29. The van der Waals surface area contributed by atoms with Crippen LogP contribution in [0.5, 0.6) is 5.75 Å². The van der Waals surface area contributed by atoms with E-state index in [1.54, 1.807) is 18.3 Å². The van der Waals surface area contributed by atoms with Gasteiger partial charge in [-0.05, 0) is 49.2 Å². The highest BCUT2D eigenvalue weighted by atomic mass is 35.5. The predicted molar refractivity (Wildman–Crippen MR) is 130 cm³/mol. The van der Waals surface area contributed by atoms with Crippen molar-refractivity contribution >= 4 is 29.0 Å². The number of alkyl halides is 3. The molecule has 1 aliphatic rings. The lowest BCUT2D eigenvalue weighted by Gasteiger charge is -2.21. The minimum absolute atomic E-state index is 0.162. The van der Waals surface area contributed by atoms with E-state index in [4.69, 9.17) is 11.6 Å². The number of hydrogen-bond acceptors (Lipinski definition) is 7. The van der Waals surface area contributed by atoms with Crippen LogP contribution in [0.1, 0.15) is 35.0 Å². The minimum Gasteiger partial charge on any atom is -0.420 e. The van der Waals surface area contributed by atoms with Crippen molar-refractivity contribution in [1.82, 2.24) is 9.97 Å². The van der Waals surface area contributed by atoms with Gasteiger partial charge in [0.05, 0.1) is 22.9 Å². The Morgan fingerprint density at radius 2 is 2.06 bits per heavy atom. The molecule has 36 heavy (non-hydrogen) atoms. The molecule has 0 bridgehead atoms. The Hall–Kier alpha value is -3.81. The van der Waals surface area contributed by atoms with Gasteiger partial charge in [0.2, 0.25) is 0 Å². The zero-order valence-corrected chi connectivity index (χ0v) is 20.0. The van der Waals surface area contributed by atoms with Gasteiger partial charge in [0.25, 0.3) is 5.91 Å². The zero-order valence-electron chi connectivity index (χ0n) is 19.2. The van der Waals surface area contributed by atoms with Crippen LogP contribution in [0.4, 0.5) is 20.3 Å². The quantitative estimate of drug-likeness (QED) is 0.445. The number of amides is 1. The summed E-state index contributed by atoms with van der Waals surface area (Å²) in [5, 5.41) is 22.3. The van der Waals surface area contributed by atoms with E-state index in [0.717, 1.165) is 0 Å². The third-order valence-electron chi connectivity index (χ3n) is 5.67. The summed E-state index contributed by atoms with van der Waals surface area (Å²) in [6.45, 7) is 2.90.